The molecule has 1 aromatic rings. The lowest BCUT2D eigenvalue weighted by atomic mass is 10.0. The Morgan fingerprint density at radius 1 is 1.57 bits per heavy atom. The smallest absolute Gasteiger partial charge is 0.173 e. The Hall–Kier alpha value is -1.19. The summed E-state index contributed by atoms with van der Waals surface area (Å²) in [5.74, 6) is 1.71. The van der Waals surface area contributed by atoms with E-state index >= 15 is 0 Å². The van der Waals surface area contributed by atoms with Gasteiger partial charge in [0, 0.05) is 26.3 Å². The van der Waals surface area contributed by atoms with Crippen molar-refractivity contribution in [1.29, 1.82) is 0 Å². The third-order valence-electron chi connectivity index (χ3n) is 2.79. The quantitative estimate of drug-likeness (QED) is 0.731. The molecular weight excluding hydrogens is 176 g/mol. The second-order valence-electron chi connectivity index (χ2n) is 4.28. The van der Waals surface area contributed by atoms with Crippen molar-refractivity contribution < 1.29 is 0 Å². The standard InChI is InChI=1S/C10H18N4/c1-8-4-3-5-14(6-8)10-9(11)7-13(2)12-10/h7-8H,3-6,11H2,1-2H3/t8-/m1/s1. The number of aryl methyl sites for hydroxylation is 1. The fourth-order valence-electron chi connectivity index (χ4n) is 2.12. The highest BCUT2D eigenvalue weighted by Crippen LogP contribution is 2.25. The average molecular weight is 194 g/mol. The lowest BCUT2D eigenvalue weighted by Crippen LogP contribution is -2.34. The molecule has 1 aromatic heterocycles. The number of anilines is 2. The molecule has 1 fully saturated rings. The van der Waals surface area contributed by atoms with Crippen molar-refractivity contribution in [2.45, 2.75) is 19.8 Å². The molecular formula is C10H18N4. The van der Waals surface area contributed by atoms with Crippen molar-refractivity contribution in [2.75, 3.05) is 23.7 Å². The van der Waals surface area contributed by atoms with Crippen LogP contribution in [-0.2, 0) is 7.05 Å². The first-order chi connectivity index (χ1) is 6.66. The predicted molar refractivity (Wildman–Crippen MR) is 58.2 cm³/mol. The average Bonchev–Trinajstić information content (AvgIpc) is 2.45. The highest BCUT2D eigenvalue weighted by molar-refractivity contribution is 5.61. The zero-order chi connectivity index (χ0) is 10.1. The highest BCUT2D eigenvalue weighted by Gasteiger charge is 2.20. The Bertz CT molecular complexity index is 318. The Kier molecular flexibility index (Phi) is 2.35. The predicted octanol–water partition coefficient (Wildman–Crippen LogP) is 1.24. The molecule has 4 heteroatoms. The molecule has 0 unspecified atom stereocenters. The van der Waals surface area contributed by atoms with Gasteiger partial charge in [0.2, 0.25) is 0 Å². The molecule has 1 aliphatic heterocycles. The van der Waals surface area contributed by atoms with Crippen LogP contribution in [0.4, 0.5) is 11.5 Å². The maximum atomic E-state index is 5.89. The molecule has 1 aliphatic rings. The van der Waals surface area contributed by atoms with Gasteiger partial charge in [-0.25, -0.2) is 0 Å². The molecule has 4 nitrogen and oxygen atoms in total. The van der Waals surface area contributed by atoms with Gasteiger partial charge in [-0.15, -0.1) is 0 Å². The van der Waals surface area contributed by atoms with E-state index in [0.717, 1.165) is 30.5 Å². The van der Waals surface area contributed by atoms with Crippen molar-refractivity contribution in [3.63, 3.8) is 0 Å². The second kappa shape index (κ2) is 3.52. The summed E-state index contributed by atoms with van der Waals surface area (Å²) in [5.41, 5.74) is 6.69. The van der Waals surface area contributed by atoms with E-state index in [2.05, 4.69) is 16.9 Å². The summed E-state index contributed by atoms with van der Waals surface area (Å²) < 4.78 is 1.78. The van der Waals surface area contributed by atoms with Gasteiger partial charge in [-0.2, -0.15) is 5.10 Å². The van der Waals surface area contributed by atoms with E-state index in [0.29, 0.717) is 0 Å². The number of piperidine rings is 1. The van der Waals surface area contributed by atoms with Gasteiger partial charge in [0.05, 0.1) is 5.69 Å². The number of nitrogen functional groups attached to an aromatic ring is 1. The van der Waals surface area contributed by atoms with Gasteiger partial charge in [-0.05, 0) is 18.8 Å². The van der Waals surface area contributed by atoms with Crippen LogP contribution in [0.25, 0.3) is 0 Å². The molecule has 0 aliphatic carbocycles. The Morgan fingerprint density at radius 2 is 2.36 bits per heavy atom. The van der Waals surface area contributed by atoms with Gasteiger partial charge >= 0.3 is 0 Å². The number of nitrogens with two attached hydrogens (primary N) is 1. The van der Waals surface area contributed by atoms with Gasteiger partial charge in [-0.1, -0.05) is 6.92 Å². The number of aromatic nitrogens is 2. The van der Waals surface area contributed by atoms with Crippen LogP contribution in [0.15, 0.2) is 6.20 Å². The number of rotatable bonds is 1. The summed E-state index contributed by atoms with van der Waals surface area (Å²) in [7, 11) is 1.91. The summed E-state index contributed by atoms with van der Waals surface area (Å²) in [4.78, 5) is 2.30. The summed E-state index contributed by atoms with van der Waals surface area (Å²) >= 11 is 0. The fourth-order valence-corrected chi connectivity index (χ4v) is 2.12. The van der Waals surface area contributed by atoms with Crippen molar-refractivity contribution in [3.8, 4) is 0 Å². The SMILES string of the molecule is C[C@@H]1CCCN(c2nn(C)cc2N)C1. The monoisotopic (exact) mass is 194 g/mol. The van der Waals surface area contributed by atoms with Crippen LogP contribution in [-0.4, -0.2) is 22.9 Å². The largest absolute Gasteiger partial charge is 0.394 e. The minimum absolute atomic E-state index is 0.755. The molecule has 0 radical (unpaired) electrons. The zero-order valence-corrected chi connectivity index (χ0v) is 8.90. The molecule has 2 rings (SSSR count). The van der Waals surface area contributed by atoms with Crippen LogP contribution >= 0.6 is 0 Å². The first kappa shape index (κ1) is 9.37. The molecule has 0 saturated carbocycles. The molecule has 2 N–H and O–H groups in total. The van der Waals surface area contributed by atoms with Gasteiger partial charge in [0.25, 0.3) is 0 Å². The van der Waals surface area contributed by atoms with Crippen LogP contribution in [0.3, 0.4) is 0 Å². The molecule has 0 amide bonds. The summed E-state index contributed by atoms with van der Waals surface area (Å²) in [6.45, 7) is 4.46. The van der Waals surface area contributed by atoms with E-state index in [1.165, 1.54) is 12.8 Å². The topological polar surface area (TPSA) is 47.1 Å². The van der Waals surface area contributed by atoms with Crippen molar-refractivity contribution >= 4 is 11.5 Å². The summed E-state index contributed by atoms with van der Waals surface area (Å²) in [5, 5.41) is 4.39. The lowest BCUT2D eigenvalue weighted by Gasteiger charge is -2.31. The maximum absolute atomic E-state index is 5.89. The van der Waals surface area contributed by atoms with Crippen LogP contribution in [0.5, 0.6) is 0 Å². The summed E-state index contributed by atoms with van der Waals surface area (Å²) in [6.07, 6.45) is 4.44. The minimum atomic E-state index is 0.755. The molecule has 1 saturated heterocycles. The molecule has 78 valence electrons. The van der Waals surface area contributed by atoms with E-state index < -0.39 is 0 Å². The van der Waals surface area contributed by atoms with Crippen LogP contribution in [0, 0.1) is 5.92 Å². The Morgan fingerprint density at radius 3 is 2.93 bits per heavy atom. The molecule has 0 bridgehead atoms. The van der Waals surface area contributed by atoms with Gasteiger partial charge in [0.1, 0.15) is 0 Å². The molecule has 1 atom stereocenters. The van der Waals surface area contributed by atoms with Crippen LogP contribution < -0.4 is 10.6 Å². The molecule has 14 heavy (non-hydrogen) atoms. The van der Waals surface area contributed by atoms with E-state index in [-0.39, 0.29) is 0 Å². The van der Waals surface area contributed by atoms with Crippen molar-refractivity contribution in [3.05, 3.63) is 6.20 Å². The normalized spacial score (nSPS) is 22.7. The van der Waals surface area contributed by atoms with E-state index in [1.54, 1.807) is 4.68 Å². The Labute approximate surface area is 84.7 Å². The molecule has 0 spiro atoms. The van der Waals surface area contributed by atoms with Crippen LogP contribution in [0.2, 0.25) is 0 Å². The van der Waals surface area contributed by atoms with Gasteiger partial charge in [0.15, 0.2) is 5.82 Å². The Balaban J connectivity index is 2.17. The minimum Gasteiger partial charge on any atom is -0.394 e. The zero-order valence-electron chi connectivity index (χ0n) is 8.90. The fraction of sp³-hybridized carbons (Fsp3) is 0.700. The molecule has 0 aromatic carbocycles. The number of nitrogens with zero attached hydrogens (tertiary/aromatic N) is 3. The van der Waals surface area contributed by atoms with E-state index in [1.807, 2.05) is 13.2 Å². The first-order valence-corrected chi connectivity index (χ1v) is 5.21. The second-order valence-corrected chi connectivity index (χ2v) is 4.28. The number of hydrogen-bond donors (Lipinski definition) is 1. The van der Waals surface area contributed by atoms with Crippen molar-refractivity contribution in [2.24, 2.45) is 13.0 Å². The third-order valence-corrected chi connectivity index (χ3v) is 2.79. The highest BCUT2D eigenvalue weighted by atomic mass is 15.3. The molecule has 2 heterocycles. The maximum Gasteiger partial charge on any atom is 0.173 e. The number of hydrogen-bond acceptors (Lipinski definition) is 3. The van der Waals surface area contributed by atoms with Crippen LogP contribution in [0.1, 0.15) is 19.8 Å². The lowest BCUT2D eigenvalue weighted by molar-refractivity contribution is 0.444. The third kappa shape index (κ3) is 1.69. The summed E-state index contributed by atoms with van der Waals surface area (Å²) in [6, 6.07) is 0. The first-order valence-electron chi connectivity index (χ1n) is 5.21. The van der Waals surface area contributed by atoms with E-state index in [4.69, 9.17) is 5.73 Å². The van der Waals surface area contributed by atoms with Gasteiger partial charge < -0.3 is 10.6 Å². The van der Waals surface area contributed by atoms with Gasteiger partial charge in [-0.3, -0.25) is 4.68 Å². The van der Waals surface area contributed by atoms with Crippen molar-refractivity contribution in [1.82, 2.24) is 9.78 Å². The van der Waals surface area contributed by atoms with E-state index in [9.17, 15) is 0 Å².